The van der Waals surface area contributed by atoms with E-state index in [9.17, 15) is 4.79 Å². The van der Waals surface area contributed by atoms with Gasteiger partial charge in [0.2, 0.25) is 0 Å². The highest BCUT2D eigenvalue weighted by atomic mass is 35.5. The predicted molar refractivity (Wildman–Crippen MR) is 123 cm³/mol. The molecule has 0 radical (unpaired) electrons. The second-order valence-corrected chi connectivity index (χ2v) is 7.08. The van der Waals surface area contributed by atoms with Crippen molar-refractivity contribution in [3.8, 4) is 11.3 Å². The predicted octanol–water partition coefficient (Wildman–Crippen LogP) is 4.03. The van der Waals surface area contributed by atoms with Crippen molar-refractivity contribution in [3.63, 3.8) is 0 Å². The number of nitrogens with zero attached hydrogens (tertiary/aromatic N) is 3. The van der Waals surface area contributed by atoms with Crippen LogP contribution in [0.3, 0.4) is 0 Å². The van der Waals surface area contributed by atoms with Gasteiger partial charge in [-0.3, -0.25) is 9.48 Å². The molecular formula is C21H29Cl2N5O. The fourth-order valence-corrected chi connectivity index (χ4v) is 3.23. The van der Waals surface area contributed by atoms with Crippen LogP contribution in [0.1, 0.15) is 42.7 Å². The smallest absolute Gasteiger partial charge is 0.252 e. The van der Waals surface area contributed by atoms with Crippen LogP contribution in [0.4, 0.5) is 0 Å². The average molecular weight is 438 g/mol. The molecule has 0 atom stereocenters. The lowest BCUT2D eigenvalue weighted by molar-refractivity contribution is 0.0943. The molecule has 0 spiro atoms. The first-order valence-corrected chi connectivity index (χ1v) is 9.35. The van der Waals surface area contributed by atoms with Crippen LogP contribution in [0.25, 0.3) is 22.3 Å². The van der Waals surface area contributed by atoms with Gasteiger partial charge in [0.25, 0.3) is 5.91 Å². The number of nitrogens with one attached hydrogen (secondary N) is 1. The van der Waals surface area contributed by atoms with E-state index < -0.39 is 5.54 Å². The van der Waals surface area contributed by atoms with Crippen molar-refractivity contribution in [2.24, 2.45) is 12.8 Å². The van der Waals surface area contributed by atoms with Crippen molar-refractivity contribution in [1.82, 2.24) is 20.1 Å². The third-order valence-corrected chi connectivity index (χ3v) is 5.29. The van der Waals surface area contributed by atoms with E-state index in [4.69, 9.17) is 10.7 Å². The molecule has 0 aliphatic carbocycles. The Labute approximate surface area is 184 Å². The van der Waals surface area contributed by atoms with Gasteiger partial charge in [-0.25, -0.2) is 4.98 Å². The van der Waals surface area contributed by atoms with Crippen molar-refractivity contribution in [1.29, 1.82) is 0 Å². The highest BCUT2D eigenvalue weighted by Gasteiger charge is 2.24. The number of pyridine rings is 1. The molecule has 8 heteroatoms. The molecule has 29 heavy (non-hydrogen) atoms. The molecule has 0 saturated heterocycles. The van der Waals surface area contributed by atoms with Crippen LogP contribution in [0.2, 0.25) is 0 Å². The Morgan fingerprint density at radius 3 is 2.38 bits per heavy atom. The normalized spacial score (nSPS) is 10.9. The van der Waals surface area contributed by atoms with Gasteiger partial charge >= 0.3 is 0 Å². The van der Waals surface area contributed by atoms with Gasteiger partial charge in [-0.15, -0.1) is 24.8 Å². The van der Waals surface area contributed by atoms with Crippen LogP contribution in [0.5, 0.6) is 0 Å². The molecule has 0 aliphatic rings. The van der Waals surface area contributed by atoms with Crippen molar-refractivity contribution >= 4 is 41.8 Å². The summed E-state index contributed by atoms with van der Waals surface area (Å²) in [6.45, 7) is 6.41. The molecule has 0 aliphatic heterocycles. The average Bonchev–Trinajstić information content (AvgIpc) is 2.99. The molecule has 3 N–H and O–H groups in total. The van der Waals surface area contributed by atoms with Crippen LogP contribution < -0.4 is 11.1 Å². The summed E-state index contributed by atoms with van der Waals surface area (Å²) in [5, 5.41) is 8.26. The third-order valence-electron chi connectivity index (χ3n) is 5.29. The number of carbonyl (C=O) groups excluding carboxylic acids is 1. The zero-order valence-electron chi connectivity index (χ0n) is 17.2. The Bertz CT molecular complexity index is 968. The number of benzene rings is 1. The first kappa shape index (κ1) is 24.9. The highest BCUT2D eigenvalue weighted by molar-refractivity contribution is 6.07. The van der Waals surface area contributed by atoms with Gasteiger partial charge in [-0.2, -0.15) is 5.10 Å². The van der Waals surface area contributed by atoms with E-state index in [1.807, 2.05) is 64.2 Å². The monoisotopic (exact) mass is 437 g/mol. The van der Waals surface area contributed by atoms with E-state index in [2.05, 4.69) is 10.4 Å². The molecule has 2 heterocycles. The van der Waals surface area contributed by atoms with Gasteiger partial charge < -0.3 is 11.1 Å². The van der Waals surface area contributed by atoms with E-state index >= 15 is 0 Å². The van der Waals surface area contributed by atoms with Crippen molar-refractivity contribution in [2.75, 3.05) is 6.54 Å². The summed E-state index contributed by atoms with van der Waals surface area (Å²) in [5.74, 6) is -0.146. The van der Waals surface area contributed by atoms with E-state index in [1.165, 1.54) is 0 Å². The number of nitrogens with two attached hydrogens (primary N) is 1. The lowest BCUT2D eigenvalue weighted by Crippen LogP contribution is -2.49. The second-order valence-electron chi connectivity index (χ2n) is 7.08. The molecule has 6 nitrogen and oxygen atoms in total. The molecule has 0 bridgehead atoms. The number of rotatable bonds is 6. The zero-order chi connectivity index (χ0) is 19.6. The minimum atomic E-state index is -0.395. The molecule has 1 amide bonds. The minimum Gasteiger partial charge on any atom is -0.350 e. The number of fused-ring (bicyclic) bond motifs is 1. The quantitative estimate of drug-likeness (QED) is 0.609. The summed E-state index contributed by atoms with van der Waals surface area (Å²) >= 11 is 0. The maximum absolute atomic E-state index is 13.1. The first-order chi connectivity index (χ1) is 12.9. The van der Waals surface area contributed by atoms with Gasteiger partial charge in [0.05, 0.1) is 22.3 Å². The van der Waals surface area contributed by atoms with Crippen LogP contribution in [-0.4, -0.2) is 32.8 Å². The van der Waals surface area contributed by atoms with Gasteiger partial charge in [0.15, 0.2) is 5.65 Å². The zero-order valence-corrected chi connectivity index (χ0v) is 18.9. The molecule has 1 aromatic carbocycles. The van der Waals surface area contributed by atoms with E-state index in [0.717, 1.165) is 35.2 Å². The molecule has 2 aromatic heterocycles. The van der Waals surface area contributed by atoms with Crippen LogP contribution in [0.15, 0.2) is 36.4 Å². The van der Waals surface area contributed by atoms with Gasteiger partial charge in [0, 0.05) is 24.7 Å². The topological polar surface area (TPSA) is 85.8 Å². The standard InChI is InChI=1S/C21H27N5O.2ClH/c1-5-21(22,6-2)13-23-20(27)16-12-17(15-10-8-7-9-11-15)24-19-18(16)14(3)25-26(19)4;;/h7-12H,5-6,13,22H2,1-4H3,(H,23,27);2*1H. The number of amides is 1. The SMILES string of the molecule is CCC(N)(CC)CNC(=O)c1cc(-c2ccccc2)nc2c1c(C)nn2C.Cl.Cl. The molecule has 3 aromatic rings. The Balaban J connectivity index is 0.00000210. The Morgan fingerprint density at radius 1 is 1.17 bits per heavy atom. The summed E-state index contributed by atoms with van der Waals surface area (Å²) < 4.78 is 1.72. The number of hydrogen-bond acceptors (Lipinski definition) is 4. The summed E-state index contributed by atoms with van der Waals surface area (Å²) in [6, 6.07) is 11.7. The number of hydrogen-bond donors (Lipinski definition) is 2. The molecule has 0 fully saturated rings. The number of carbonyl (C=O) groups is 1. The summed E-state index contributed by atoms with van der Waals surface area (Å²) in [7, 11) is 1.85. The maximum Gasteiger partial charge on any atom is 0.252 e. The third kappa shape index (κ3) is 5.07. The lowest BCUT2D eigenvalue weighted by atomic mass is 9.94. The van der Waals surface area contributed by atoms with E-state index in [1.54, 1.807) is 4.68 Å². The molecule has 3 rings (SSSR count). The molecule has 158 valence electrons. The van der Waals surface area contributed by atoms with Gasteiger partial charge in [-0.1, -0.05) is 44.2 Å². The Kier molecular flexibility index (Phi) is 8.63. The maximum atomic E-state index is 13.1. The van der Waals surface area contributed by atoms with Crippen LogP contribution in [0, 0.1) is 6.92 Å². The van der Waals surface area contributed by atoms with Crippen LogP contribution in [-0.2, 0) is 7.05 Å². The molecule has 0 saturated carbocycles. The fraction of sp³-hybridized carbons (Fsp3) is 0.381. The second kappa shape index (κ2) is 10.1. The highest BCUT2D eigenvalue weighted by Crippen LogP contribution is 2.26. The minimum absolute atomic E-state index is 0. The first-order valence-electron chi connectivity index (χ1n) is 9.35. The summed E-state index contributed by atoms with van der Waals surface area (Å²) in [5.41, 5.74) is 9.73. The van der Waals surface area contributed by atoms with Crippen LogP contribution >= 0.6 is 24.8 Å². The number of aromatic nitrogens is 3. The van der Waals surface area contributed by atoms with E-state index in [0.29, 0.717) is 17.8 Å². The number of halogens is 2. The summed E-state index contributed by atoms with van der Waals surface area (Å²) in [4.78, 5) is 17.8. The Hall–Kier alpha value is -2.15. The fourth-order valence-electron chi connectivity index (χ4n) is 3.23. The Morgan fingerprint density at radius 2 is 1.79 bits per heavy atom. The van der Waals surface area contributed by atoms with Crippen molar-refractivity contribution < 1.29 is 4.79 Å². The molecular weight excluding hydrogens is 409 g/mol. The van der Waals surface area contributed by atoms with E-state index in [-0.39, 0.29) is 30.7 Å². The number of aryl methyl sites for hydroxylation is 2. The lowest BCUT2D eigenvalue weighted by Gasteiger charge is -2.26. The van der Waals surface area contributed by atoms with Crippen molar-refractivity contribution in [2.45, 2.75) is 39.2 Å². The largest absolute Gasteiger partial charge is 0.350 e. The molecule has 0 unspecified atom stereocenters. The van der Waals surface area contributed by atoms with Gasteiger partial charge in [-0.05, 0) is 25.8 Å². The van der Waals surface area contributed by atoms with Crippen molar-refractivity contribution in [3.05, 3.63) is 47.7 Å². The summed E-state index contributed by atoms with van der Waals surface area (Å²) in [6.07, 6.45) is 1.60. The van der Waals surface area contributed by atoms with Gasteiger partial charge in [0.1, 0.15) is 0 Å².